The Morgan fingerprint density at radius 3 is 2.32 bits per heavy atom. The number of ether oxygens (including phenoxy) is 3. The molecule has 0 bridgehead atoms. The summed E-state index contributed by atoms with van der Waals surface area (Å²) in [5.41, 5.74) is -1.41. The molecule has 250 valence electrons. The van der Waals surface area contributed by atoms with E-state index in [0.29, 0.717) is 12.8 Å². The molecule has 5 atom stereocenters. The molecule has 0 radical (unpaired) electrons. The van der Waals surface area contributed by atoms with E-state index in [0.717, 1.165) is 18.8 Å². The van der Waals surface area contributed by atoms with E-state index in [-0.39, 0.29) is 38.2 Å². The lowest BCUT2D eigenvalue weighted by atomic mass is 10.0. The van der Waals surface area contributed by atoms with Crippen molar-refractivity contribution >= 4 is 25.9 Å². The molecule has 1 aliphatic heterocycles. The highest BCUT2D eigenvalue weighted by Gasteiger charge is 2.42. The van der Waals surface area contributed by atoms with Gasteiger partial charge in [0.1, 0.15) is 24.5 Å². The Hall–Kier alpha value is -3.28. The van der Waals surface area contributed by atoms with Crippen molar-refractivity contribution < 1.29 is 51.8 Å². The molecule has 0 aliphatic carbocycles. The molecular weight excluding hydrogens is 609 g/mol. The lowest BCUT2D eigenvalue weighted by Gasteiger charge is -2.27. The first-order valence-corrected chi connectivity index (χ1v) is 15.6. The molecule has 2 rings (SSSR count). The third-order valence-electron chi connectivity index (χ3n) is 6.53. The highest BCUT2D eigenvalue weighted by atomic mass is 31.2. The zero-order chi connectivity index (χ0) is 32.9. The smallest absolute Gasteiger partial charge is 0.450 e. The number of hydrogen-bond acceptors (Lipinski definition) is 13. The number of carbonyl (C=O) groups excluding carboxylic acids is 3. The summed E-state index contributed by atoms with van der Waals surface area (Å²) in [5, 5.41) is 17.4. The number of alkyl carbamates (subject to hydrolysis) is 2. The van der Waals surface area contributed by atoms with E-state index in [1.165, 1.54) is 6.20 Å². The number of nitrogens with one attached hydrogen (secondary N) is 4. The van der Waals surface area contributed by atoms with Crippen LogP contribution in [0.1, 0.15) is 51.8 Å². The van der Waals surface area contributed by atoms with Crippen molar-refractivity contribution in [3.05, 3.63) is 32.6 Å². The molecule has 0 spiro atoms. The second kappa shape index (κ2) is 17.9. The lowest BCUT2D eigenvalue weighted by Crippen LogP contribution is -2.59. The second-order valence-electron chi connectivity index (χ2n) is 9.47. The number of H-pyrrole nitrogens is 1. The Bertz CT molecular complexity index is 1260. The number of amides is 3. The van der Waals surface area contributed by atoms with Crippen molar-refractivity contribution in [1.29, 1.82) is 0 Å². The van der Waals surface area contributed by atoms with Gasteiger partial charge in [0.15, 0.2) is 0 Å². The molecule has 1 saturated heterocycles. The highest BCUT2D eigenvalue weighted by Crippen LogP contribution is 2.51. The van der Waals surface area contributed by atoms with Gasteiger partial charge in [-0.15, -0.1) is 0 Å². The number of phosphoric acid groups is 1. The summed E-state index contributed by atoms with van der Waals surface area (Å²) in [6, 6.07) is -2.07. The van der Waals surface area contributed by atoms with Crippen LogP contribution in [0, 0.1) is 0 Å². The summed E-state index contributed by atoms with van der Waals surface area (Å²) in [6.45, 7) is 4.58. The summed E-state index contributed by atoms with van der Waals surface area (Å²) in [4.78, 5) is 64.9. The minimum absolute atomic E-state index is 0.0441. The van der Waals surface area contributed by atoms with E-state index in [9.17, 15) is 33.6 Å². The number of aliphatic hydroxyl groups excluding tert-OH is 1. The Balaban J connectivity index is 2.19. The third kappa shape index (κ3) is 10.4. The predicted molar refractivity (Wildman–Crippen MR) is 153 cm³/mol. The fraction of sp³-hybridized carbons (Fsp3) is 0.720. The molecule has 0 saturated carbocycles. The normalized spacial score (nSPS) is 19.5. The first-order chi connectivity index (χ1) is 20.9. The largest absolute Gasteiger partial charge is 0.474 e. The minimum Gasteiger partial charge on any atom is -0.450 e. The van der Waals surface area contributed by atoms with Crippen molar-refractivity contribution in [3.63, 3.8) is 0 Å². The number of rotatable bonds is 17. The van der Waals surface area contributed by atoms with Gasteiger partial charge in [0.2, 0.25) is 5.91 Å². The van der Waals surface area contributed by atoms with Crippen LogP contribution in [0.4, 0.5) is 9.59 Å². The van der Waals surface area contributed by atoms with Crippen LogP contribution in [-0.4, -0.2) is 97.6 Å². The van der Waals surface area contributed by atoms with Crippen LogP contribution in [0.25, 0.3) is 0 Å². The fourth-order valence-corrected chi connectivity index (χ4v) is 5.30. The Morgan fingerprint density at radius 1 is 1.11 bits per heavy atom. The third-order valence-corrected chi connectivity index (χ3v) is 7.95. The minimum atomic E-state index is -3.94. The molecule has 1 fully saturated rings. The van der Waals surface area contributed by atoms with Crippen molar-refractivity contribution in [2.45, 2.75) is 77.0 Å². The fourth-order valence-electron chi connectivity index (χ4n) is 4.43. The summed E-state index contributed by atoms with van der Waals surface area (Å²) in [5.74, 6) is -0.663. The maximum Gasteiger partial charge on any atom is 0.474 e. The molecular formula is C25H42N5O13P. The number of phosphoric ester groups is 1. The van der Waals surface area contributed by atoms with E-state index in [2.05, 4.69) is 20.9 Å². The van der Waals surface area contributed by atoms with Gasteiger partial charge in [-0.2, -0.15) is 0 Å². The van der Waals surface area contributed by atoms with E-state index in [4.69, 9.17) is 27.8 Å². The molecule has 0 aromatic carbocycles. The van der Waals surface area contributed by atoms with E-state index < -0.39 is 74.3 Å². The van der Waals surface area contributed by atoms with Gasteiger partial charge in [-0.1, -0.05) is 13.3 Å². The van der Waals surface area contributed by atoms with E-state index in [1.54, 1.807) is 13.8 Å². The van der Waals surface area contributed by atoms with Gasteiger partial charge in [-0.3, -0.25) is 32.7 Å². The molecule has 19 heteroatoms. The van der Waals surface area contributed by atoms with Crippen molar-refractivity contribution in [3.8, 4) is 0 Å². The van der Waals surface area contributed by atoms with E-state index >= 15 is 0 Å². The quantitative estimate of drug-likeness (QED) is 0.143. The zero-order valence-corrected chi connectivity index (χ0v) is 26.3. The number of nitrogens with zero attached hydrogens (tertiary/aromatic N) is 1. The topological polar surface area (TPSA) is 235 Å². The summed E-state index contributed by atoms with van der Waals surface area (Å²) in [7, 11) is -1.69. The Morgan fingerprint density at radius 2 is 1.75 bits per heavy atom. The van der Waals surface area contributed by atoms with Crippen LogP contribution < -0.4 is 27.2 Å². The van der Waals surface area contributed by atoms with Crippen LogP contribution >= 0.6 is 7.82 Å². The zero-order valence-electron chi connectivity index (χ0n) is 25.4. The van der Waals surface area contributed by atoms with E-state index in [1.807, 2.05) is 6.92 Å². The molecule has 2 heterocycles. The number of aromatic nitrogens is 2. The van der Waals surface area contributed by atoms with Crippen LogP contribution in [0.3, 0.4) is 0 Å². The summed E-state index contributed by atoms with van der Waals surface area (Å²) < 4.78 is 44.0. The van der Waals surface area contributed by atoms with Gasteiger partial charge in [-0.25, -0.2) is 18.9 Å². The lowest BCUT2D eigenvalue weighted by molar-refractivity contribution is -0.123. The molecule has 1 aromatic rings. The standard InChI is InChI=1S/C25H42N5O13P/c1-6-9-16(27-24(35)40-7-2)20(28-25(36)41-8-3)22(33)26-11-10-15-13-30(23(34)29-21(15)32)19-12-17(18(14-31)42-19)43-44(37,38-4)39-5/h13,16-20,31H,6-12,14H2,1-5H3,(H,26,33)(H,27,35)(H,28,36)(H,29,32,34)/t16?,17-,18-,19-,20?/m0/s1. The SMILES string of the molecule is CCCC(NC(=O)OCC)C(NC(=O)OCC)C(=O)NCCc1cn([C@@H]2C[C@H](OP(=O)(OC)OC)[C@H](CO)O2)c(=O)[nH]c1=O. The van der Waals surface area contributed by atoms with Gasteiger partial charge in [0.25, 0.3) is 5.56 Å². The molecule has 5 N–H and O–H groups in total. The maximum absolute atomic E-state index is 13.2. The predicted octanol–water partition coefficient (Wildman–Crippen LogP) is 0.291. The van der Waals surface area contributed by atoms with Crippen molar-refractivity contribution in [2.24, 2.45) is 0 Å². The Labute approximate surface area is 253 Å². The average Bonchev–Trinajstić information content (AvgIpc) is 3.38. The van der Waals surface area contributed by atoms with Gasteiger partial charge in [-0.05, 0) is 26.7 Å². The van der Waals surface area contributed by atoms with Gasteiger partial charge in [0.05, 0.1) is 25.9 Å². The van der Waals surface area contributed by atoms with Gasteiger partial charge in [0, 0.05) is 38.9 Å². The van der Waals surface area contributed by atoms with Crippen LogP contribution in [0.15, 0.2) is 15.8 Å². The summed E-state index contributed by atoms with van der Waals surface area (Å²) >= 11 is 0. The summed E-state index contributed by atoms with van der Waals surface area (Å²) in [6.07, 6.45) is -2.56. The van der Waals surface area contributed by atoms with Crippen LogP contribution in [-0.2, 0) is 43.6 Å². The maximum atomic E-state index is 13.2. The highest BCUT2D eigenvalue weighted by molar-refractivity contribution is 7.48. The Kier molecular flexibility index (Phi) is 15.0. The van der Waals surface area contributed by atoms with Crippen LogP contribution in [0.5, 0.6) is 0 Å². The number of aromatic amines is 1. The molecule has 1 aliphatic rings. The van der Waals surface area contributed by atoms with Crippen molar-refractivity contribution in [2.75, 3.05) is 40.6 Å². The number of hydrogen-bond donors (Lipinski definition) is 5. The molecule has 1 aromatic heterocycles. The number of aliphatic hydroxyl groups is 1. The van der Waals surface area contributed by atoms with Gasteiger partial charge >= 0.3 is 25.7 Å². The monoisotopic (exact) mass is 651 g/mol. The molecule has 3 amide bonds. The second-order valence-corrected chi connectivity index (χ2v) is 11.3. The molecule has 18 nitrogen and oxygen atoms in total. The first-order valence-electron chi connectivity index (χ1n) is 14.1. The first kappa shape index (κ1) is 36.9. The molecule has 44 heavy (non-hydrogen) atoms. The van der Waals surface area contributed by atoms with Gasteiger partial charge < -0.3 is 35.3 Å². The number of carbonyl (C=O) groups is 3. The van der Waals surface area contributed by atoms with Crippen LogP contribution in [0.2, 0.25) is 0 Å². The average molecular weight is 652 g/mol. The van der Waals surface area contributed by atoms with Crippen molar-refractivity contribution in [1.82, 2.24) is 25.5 Å². The molecule has 2 unspecified atom stereocenters.